The minimum atomic E-state index is -0.154. The summed E-state index contributed by atoms with van der Waals surface area (Å²) in [5.74, 6) is 0.133. The largest absolute Gasteiger partial charge is 0.382 e. The summed E-state index contributed by atoms with van der Waals surface area (Å²) in [6, 6.07) is 0.349. The Hall–Kier alpha value is -1.52. The maximum atomic E-state index is 11.8. The Labute approximate surface area is 96.0 Å². The lowest BCUT2D eigenvalue weighted by Crippen LogP contribution is -2.32. The fourth-order valence-electron chi connectivity index (χ4n) is 1.25. The fraction of sp³-hybridized carbons (Fsp3) is 0.636. The number of nitrogens with two attached hydrogens (primary N) is 1. The summed E-state index contributed by atoms with van der Waals surface area (Å²) >= 11 is 0. The van der Waals surface area contributed by atoms with Crippen LogP contribution in [-0.4, -0.2) is 21.7 Å². The van der Waals surface area contributed by atoms with E-state index in [9.17, 15) is 4.79 Å². The Morgan fingerprint density at radius 3 is 2.62 bits per heavy atom. The molecule has 0 spiro atoms. The van der Waals surface area contributed by atoms with Gasteiger partial charge < -0.3 is 11.1 Å². The third-order valence-corrected chi connectivity index (χ3v) is 2.52. The lowest BCUT2D eigenvalue weighted by Gasteiger charge is -2.10. The van der Waals surface area contributed by atoms with Crippen LogP contribution in [0.3, 0.4) is 0 Å². The number of anilines is 1. The van der Waals surface area contributed by atoms with Crippen LogP contribution in [0.5, 0.6) is 0 Å². The molecular formula is C11H20N4O. The van der Waals surface area contributed by atoms with E-state index in [2.05, 4.69) is 10.4 Å². The van der Waals surface area contributed by atoms with Gasteiger partial charge in [-0.25, -0.2) is 0 Å². The van der Waals surface area contributed by atoms with Gasteiger partial charge in [0, 0.05) is 18.3 Å². The van der Waals surface area contributed by atoms with Crippen molar-refractivity contribution in [1.82, 2.24) is 15.1 Å². The van der Waals surface area contributed by atoms with Gasteiger partial charge in [-0.05, 0) is 27.2 Å². The van der Waals surface area contributed by atoms with Crippen LogP contribution in [0.15, 0.2) is 6.20 Å². The number of nitrogens with zero attached hydrogens (tertiary/aromatic N) is 2. The fourth-order valence-corrected chi connectivity index (χ4v) is 1.25. The predicted molar refractivity (Wildman–Crippen MR) is 64.2 cm³/mol. The number of aromatic nitrogens is 2. The van der Waals surface area contributed by atoms with Crippen LogP contribution in [0, 0.1) is 0 Å². The monoisotopic (exact) mass is 224 g/mol. The summed E-state index contributed by atoms with van der Waals surface area (Å²) in [4.78, 5) is 11.8. The summed E-state index contributed by atoms with van der Waals surface area (Å²) in [6.45, 7) is 7.96. The van der Waals surface area contributed by atoms with Crippen LogP contribution < -0.4 is 11.1 Å². The number of amides is 1. The topological polar surface area (TPSA) is 72.9 Å². The van der Waals surface area contributed by atoms with Gasteiger partial charge in [-0.3, -0.25) is 9.48 Å². The molecule has 0 aromatic carbocycles. The molecule has 0 aliphatic rings. The van der Waals surface area contributed by atoms with Crippen molar-refractivity contribution in [2.45, 2.75) is 46.2 Å². The van der Waals surface area contributed by atoms with Crippen molar-refractivity contribution in [1.29, 1.82) is 0 Å². The van der Waals surface area contributed by atoms with E-state index >= 15 is 0 Å². The molecular weight excluding hydrogens is 204 g/mol. The maximum absolute atomic E-state index is 11.8. The summed E-state index contributed by atoms with van der Waals surface area (Å²) in [5, 5.41) is 6.96. The molecule has 0 saturated carbocycles. The molecule has 1 aromatic rings. The molecule has 0 fully saturated rings. The third kappa shape index (κ3) is 2.74. The Morgan fingerprint density at radius 1 is 1.56 bits per heavy atom. The van der Waals surface area contributed by atoms with Crippen molar-refractivity contribution in [3.63, 3.8) is 0 Å². The van der Waals surface area contributed by atoms with E-state index in [1.807, 2.05) is 27.7 Å². The van der Waals surface area contributed by atoms with Crippen LogP contribution >= 0.6 is 0 Å². The highest BCUT2D eigenvalue weighted by Crippen LogP contribution is 2.13. The Kier molecular flexibility index (Phi) is 3.93. The molecule has 0 aliphatic heterocycles. The Balaban J connectivity index is 2.83. The van der Waals surface area contributed by atoms with Crippen LogP contribution in [0.2, 0.25) is 0 Å². The van der Waals surface area contributed by atoms with Crippen LogP contribution in [0.1, 0.15) is 50.5 Å². The second-order valence-corrected chi connectivity index (χ2v) is 4.28. The number of carbonyl (C=O) groups is 1. The van der Waals surface area contributed by atoms with E-state index in [1.165, 1.54) is 0 Å². The molecule has 5 heteroatoms. The normalized spacial score (nSPS) is 12.8. The van der Waals surface area contributed by atoms with Gasteiger partial charge in [-0.1, -0.05) is 6.92 Å². The Morgan fingerprint density at radius 2 is 2.19 bits per heavy atom. The van der Waals surface area contributed by atoms with Crippen molar-refractivity contribution in [2.75, 3.05) is 5.73 Å². The van der Waals surface area contributed by atoms with Crippen molar-refractivity contribution in [3.05, 3.63) is 11.8 Å². The lowest BCUT2D eigenvalue weighted by atomic mass is 10.2. The molecule has 1 aromatic heterocycles. The van der Waals surface area contributed by atoms with E-state index in [0.29, 0.717) is 5.56 Å². The molecule has 1 amide bonds. The summed E-state index contributed by atoms with van der Waals surface area (Å²) < 4.78 is 1.70. The number of rotatable bonds is 4. The van der Waals surface area contributed by atoms with Gasteiger partial charge in [0.25, 0.3) is 5.91 Å². The van der Waals surface area contributed by atoms with Crippen LogP contribution in [0.25, 0.3) is 0 Å². The number of nitrogen functional groups attached to an aromatic ring is 1. The highest BCUT2D eigenvalue weighted by atomic mass is 16.1. The summed E-state index contributed by atoms with van der Waals surface area (Å²) in [5.41, 5.74) is 6.16. The molecule has 0 aliphatic carbocycles. The van der Waals surface area contributed by atoms with Gasteiger partial charge >= 0.3 is 0 Å². The zero-order valence-electron chi connectivity index (χ0n) is 10.3. The van der Waals surface area contributed by atoms with E-state index in [1.54, 1.807) is 10.9 Å². The summed E-state index contributed by atoms with van der Waals surface area (Å²) in [7, 11) is 0. The van der Waals surface area contributed by atoms with Crippen LogP contribution in [0.4, 0.5) is 5.82 Å². The van der Waals surface area contributed by atoms with Gasteiger partial charge in [0.15, 0.2) is 5.82 Å². The first-order chi connectivity index (χ1) is 7.45. The molecule has 1 unspecified atom stereocenters. The van der Waals surface area contributed by atoms with Gasteiger partial charge in [0.2, 0.25) is 0 Å². The van der Waals surface area contributed by atoms with E-state index in [4.69, 9.17) is 5.73 Å². The molecule has 1 atom stereocenters. The van der Waals surface area contributed by atoms with E-state index in [0.717, 1.165) is 6.42 Å². The third-order valence-electron chi connectivity index (χ3n) is 2.52. The molecule has 0 radical (unpaired) electrons. The summed E-state index contributed by atoms with van der Waals surface area (Å²) in [6.07, 6.45) is 2.58. The van der Waals surface area contributed by atoms with Gasteiger partial charge in [-0.2, -0.15) is 5.10 Å². The molecule has 1 heterocycles. The van der Waals surface area contributed by atoms with Crippen molar-refractivity contribution in [3.8, 4) is 0 Å². The quantitative estimate of drug-likeness (QED) is 0.815. The zero-order chi connectivity index (χ0) is 12.3. The SMILES string of the molecule is CCC(C)NC(=O)c1cn(C(C)C)nc1N. The second-order valence-electron chi connectivity index (χ2n) is 4.28. The Bertz CT molecular complexity index is 370. The molecule has 5 nitrogen and oxygen atoms in total. The standard InChI is InChI=1S/C11H20N4O/c1-5-8(4)13-11(16)9-6-15(7(2)3)14-10(9)12/h6-8H,5H2,1-4H3,(H2,12,14)(H,13,16). The highest BCUT2D eigenvalue weighted by molar-refractivity contribution is 5.98. The first kappa shape index (κ1) is 12.5. The van der Waals surface area contributed by atoms with Gasteiger partial charge in [0.05, 0.1) is 0 Å². The molecule has 0 bridgehead atoms. The average Bonchev–Trinajstić information content (AvgIpc) is 2.60. The van der Waals surface area contributed by atoms with E-state index < -0.39 is 0 Å². The lowest BCUT2D eigenvalue weighted by molar-refractivity contribution is 0.0940. The second kappa shape index (κ2) is 5.01. The molecule has 16 heavy (non-hydrogen) atoms. The van der Waals surface area contributed by atoms with Crippen LogP contribution in [-0.2, 0) is 0 Å². The minimum absolute atomic E-state index is 0.147. The first-order valence-corrected chi connectivity index (χ1v) is 5.61. The maximum Gasteiger partial charge on any atom is 0.256 e. The molecule has 0 saturated heterocycles. The average molecular weight is 224 g/mol. The number of hydrogen-bond acceptors (Lipinski definition) is 3. The molecule has 3 N–H and O–H groups in total. The van der Waals surface area contributed by atoms with Crippen molar-refractivity contribution >= 4 is 11.7 Å². The highest BCUT2D eigenvalue weighted by Gasteiger charge is 2.16. The zero-order valence-corrected chi connectivity index (χ0v) is 10.3. The van der Waals surface area contributed by atoms with Gasteiger partial charge in [-0.15, -0.1) is 0 Å². The number of hydrogen-bond donors (Lipinski definition) is 2. The number of nitrogens with one attached hydrogen (secondary N) is 1. The van der Waals surface area contributed by atoms with E-state index in [-0.39, 0.29) is 23.8 Å². The van der Waals surface area contributed by atoms with Crippen molar-refractivity contribution in [2.24, 2.45) is 0 Å². The molecule has 1 rings (SSSR count). The predicted octanol–water partition coefficient (Wildman–Crippen LogP) is 1.57. The molecule has 90 valence electrons. The van der Waals surface area contributed by atoms with Gasteiger partial charge in [0.1, 0.15) is 5.56 Å². The smallest absolute Gasteiger partial charge is 0.256 e. The first-order valence-electron chi connectivity index (χ1n) is 5.61. The minimum Gasteiger partial charge on any atom is -0.382 e. The number of carbonyl (C=O) groups excluding carboxylic acids is 1. The van der Waals surface area contributed by atoms with Crippen molar-refractivity contribution < 1.29 is 4.79 Å².